The lowest BCUT2D eigenvalue weighted by Gasteiger charge is -2.09. The second-order valence-corrected chi connectivity index (χ2v) is 3.68. The highest BCUT2D eigenvalue weighted by atomic mass is 19.2. The number of benzene rings is 1. The molecule has 6 heteroatoms. The van der Waals surface area contributed by atoms with Gasteiger partial charge in [-0.05, 0) is 25.1 Å². The van der Waals surface area contributed by atoms with E-state index in [4.69, 9.17) is 4.74 Å². The van der Waals surface area contributed by atoms with Crippen LogP contribution in [0.1, 0.15) is 5.56 Å². The fourth-order valence-corrected chi connectivity index (χ4v) is 1.65. The number of H-pyrrole nitrogens is 1. The number of aromatic amines is 1. The molecule has 0 aliphatic heterocycles. The van der Waals surface area contributed by atoms with E-state index < -0.39 is 17.3 Å². The molecule has 0 amide bonds. The number of ether oxygens (including phenoxy) is 1. The Kier molecular flexibility index (Phi) is 3.10. The molecule has 0 bridgehead atoms. The van der Waals surface area contributed by atoms with Crippen LogP contribution < -0.4 is 10.4 Å². The lowest BCUT2D eigenvalue weighted by molar-refractivity contribution is 0.392. The molecule has 0 aliphatic rings. The second-order valence-electron chi connectivity index (χ2n) is 3.68. The van der Waals surface area contributed by atoms with Crippen LogP contribution in [0.5, 0.6) is 5.88 Å². The molecular weight excluding hydrogens is 242 g/mol. The summed E-state index contributed by atoms with van der Waals surface area (Å²) in [5.41, 5.74) is 0.634. The maximum Gasteiger partial charge on any atom is 0.348 e. The molecule has 0 atom stereocenters. The van der Waals surface area contributed by atoms with Crippen LogP contribution in [0.3, 0.4) is 0 Å². The SMILES string of the molecule is COc1nc(=O)[nH]c(-c2ccc(F)c(F)c2)c1C. The Morgan fingerprint density at radius 2 is 2.00 bits per heavy atom. The largest absolute Gasteiger partial charge is 0.481 e. The van der Waals surface area contributed by atoms with Gasteiger partial charge in [0.25, 0.3) is 0 Å². The molecule has 1 N–H and O–H groups in total. The first kappa shape index (κ1) is 12.2. The molecule has 0 saturated heterocycles. The zero-order chi connectivity index (χ0) is 13.3. The number of hydrogen-bond donors (Lipinski definition) is 1. The Balaban J connectivity index is 2.66. The van der Waals surface area contributed by atoms with Gasteiger partial charge in [0.05, 0.1) is 12.8 Å². The molecule has 1 heterocycles. The van der Waals surface area contributed by atoms with E-state index in [1.54, 1.807) is 6.92 Å². The monoisotopic (exact) mass is 252 g/mol. The van der Waals surface area contributed by atoms with Crippen molar-refractivity contribution in [3.05, 3.63) is 45.9 Å². The predicted molar refractivity (Wildman–Crippen MR) is 61.5 cm³/mol. The Bertz CT molecular complexity index is 653. The summed E-state index contributed by atoms with van der Waals surface area (Å²) in [4.78, 5) is 17.4. The smallest absolute Gasteiger partial charge is 0.348 e. The van der Waals surface area contributed by atoms with Crippen molar-refractivity contribution in [2.75, 3.05) is 7.11 Å². The molecule has 0 aliphatic carbocycles. The number of hydrogen-bond acceptors (Lipinski definition) is 3. The summed E-state index contributed by atoms with van der Waals surface area (Å²) in [6.45, 7) is 1.67. The highest BCUT2D eigenvalue weighted by molar-refractivity contribution is 5.64. The average Bonchev–Trinajstić information content (AvgIpc) is 2.35. The number of nitrogens with zero attached hydrogens (tertiary/aromatic N) is 1. The average molecular weight is 252 g/mol. The third-order valence-corrected chi connectivity index (χ3v) is 2.53. The molecule has 4 nitrogen and oxygen atoms in total. The van der Waals surface area contributed by atoms with Crippen molar-refractivity contribution in [3.8, 4) is 17.1 Å². The number of aromatic nitrogens is 2. The van der Waals surface area contributed by atoms with Crippen LogP contribution in [-0.2, 0) is 0 Å². The van der Waals surface area contributed by atoms with Crippen molar-refractivity contribution in [2.24, 2.45) is 0 Å². The van der Waals surface area contributed by atoms with Crippen molar-refractivity contribution >= 4 is 0 Å². The van der Waals surface area contributed by atoms with E-state index in [0.29, 0.717) is 16.8 Å². The molecule has 0 radical (unpaired) electrons. The highest BCUT2D eigenvalue weighted by Crippen LogP contribution is 2.25. The van der Waals surface area contributed by atoms with Crippen LogP contribution >= 0.6 is 0 Å². The zero-order valence-electron chi connectivity index (χ0n) is 9.75. The van der Waals surface area contributed by atoms with E-state index in [1.807, 2.05) is 0 Å². The van der Waals surface area contributed by atoms with Gasteiger partial charge >= 0.3 is 5.69 Å². The van der Waals surface area contributed by atoms with Crippen molar-refractivity contribution in [1.82, 2.24) is 9.97 Å². The number of halogens is 2. The van der Waals surface area contributed by atoms with E-state index in [-0.39, 0.29) is 5.88 Å². The van der Waals surface area contributed by atoms with Gasteiger partial charge in [-0.25, -0.2) is 13.6 Å². The first-order valence-electron chi connectivity index (χ1n) is 5.13. The summed E-state index contributed by atoms with van der Waals surface area (Å²) < 4.78 is 31.0. The standard InChI is InChI=1S/C12H10F2N2O2/c1-6-10(15-12(17)16-11(6)18-2)7-3-4-8(13)9(14)5-7/h3-5H,1-2H3,(H,15,16,17). The van der Waals surface area contributed by atoms with Crippen LogP contribution in [0.15, 0.2) is 23.0 Å². The van der Waals surface area contributed by atoms with Gasteiger partial charge in [0.1, 0.15) is 0 Å². The van der Waals surface area contributed by atoms with Crippen molar-refractivity contribution in [1.29, 1.82) is 0 Å². The van der Waals surface area contributed by atoms with E-state index >= 15 is 0 Å². The van der Waals surface area contributed by atoms with E-state index in [2.05, 4.69) is 9.97 Å². The van der Waals surface area contributed by atoms with Crippen LogP contribution in [0.25, 0.3) is 11.3 Å². The quantitative estimate of drug-likeness (QED) is 0.889. The molecule has 94 valence electrons. The predicted octanol–water partition coefficient (Wildman–Crippen LogP) is 2.03. The summed E-state index contributed by atoms with van der Waals surface area (Å²) in [5.74, 6) is -1.78. The lowest BCUT2D eigenvalue weighted by Crippen LogP contribution is -2.14. The number of rotatable bonds is 2. The Morgan fingerprint density at radius 3 is 2.61 bits per heavy atom. The fraction of sp³-hybridized carbons (Fsp3) is 0.167. The van der Waals surface area contributed by atoms with Gasteiger partial charge in [0.2, 0.25) is 5.88 Å². The van der Waals surface area contributed by atoms with E-state index in [0.717, 1.165) is 12.1 Å². The van der Waals surface area contributed by atoms with Crippen LogP contribution in [0.4, 0.5) is 8.78 Å². The Labute approximate surface area is 101 Å². The minimum atomic E-state index is -0.983. The van der Waals surface area contributed by atoms with E-state index in [9.17, 15) is 13.6 Å². The molecule has 1 aromatic heterocycles. The normalized spacial score (nSPS) is 10.4. The van der Waals surface area contributed by atoms with Gasteiger partial charge in [-0.1, -0.05) is 0 Å². The van der Waals surface area contributed by atoms with Crippen LogP contribution in [0.2, 0.25) is 0 Å². The van der Waals surface area contributed by atoms with Crippen LogP contribution in [0, 0.1) is 18.6 Å². The summed E-state index contributed by atoms with van der Waals surface area (Å²) in [6, 6.07) is 3.37. The summed E-state index contributed by atoms with van der Waals surface area (Å²) in [6.07, 6.45) is 0. The third-order valence-electron chi connectivity index (χ3n) is 2.53. The summed E-state index contributed by atoms with van der Waals surface area (Å²) in [7, 11) is 1.38. The molecule has 1 aromatic carbocycles. The minimum absolute atomic E-state index is 0.151. The molecule has 0 spiro atoms. The first-order valence-corrected chi connectivity index (χ1v) is 5.13. The molecule has 2 rings (SSSR count). The third kappa shape index (κ3) is 2.09. The summed E-state index contributed by atoms with van der Waals surface area (Å²) >= 11 is 0. The lowest BCUT2D eigenvalue weighted by atomic mass is 10.1. The zero-order valence-corrected chi connectivity index (χ0v) is 9.75. The molecule has 0 unspecified atom stereocenters. The van der Waals surface area contributed by atoms with Crippen molar-refractivity contribution < 1.29 is 13.5 Å². The highest BCUT2D eigenvalue weighted by Gasteiger charge is 2.12. The van der Waals surface area contributed by atoms with Crippen LogP contribution in [-0.4, -0.2) is 17.1 Å². The van der Waals surface area contributed by atoms with Gasteiger partial charge in [0, 0.05) is 11.1 Å². The number of nitrogens with one attached hydrogen (secondary N) is 1. The Hall–Kier alpha value is -2.24. The van der Waals surface area contributed by atoms with Crippen molar-refractivity contribution in [2.45, 2.75) is 6.92 Å². The first-order chi connectivity index (χ1) is 8.52. The van der Waals surface area contributed by atoms with Crippen molar-refractivity contribution in [3.63, 3.8) is 0 Å². The van der Waals surface area contributed by atoms with E-state index in [1.165, 1.54) is 13.2 Å². The second kappa shape index (κ2) is 4.56. The fourth-order valence-electron chi connectivity index (χ4n) is 1.65. The van der Waals surface area contributed by atoms with Gasteiger partial charge in [-0.2, -0.15) is 4.98 Å². The summed E-state index contributed by atoms with van der Waals surface area (Å²) in [5, 5.41) is 0. The molecule has 2 aromatic rings. The van der Waals surface area contributed by atoms with Gasteiger partial charge in [-0.15, -0.1) is 0 Å². The topological polar surface area (TPSA) is 55.0 Å². The minimum Gasteiger partial charge on any atom is -0.481 e. The van der Waals surface area contributed by atoms with Gasteiger partial charge in [-0.3, -0.25) is 0 Å². The molecular formula is C12H10F2N2O2. The maximum absolute atomic E-state index is 13.2. The molecule has 18 heavy (non-hydrogen) atoms. The Morgan fingerprint density at radius 1 is 1.28 bits per heavy atom. The number of methoxy groups -OCH3 is 1. The van der Waals surface area contributed by atoms with Gasteiger partial charge in [0.15, 0.2) is 11.6 Å². The van der Waals surface area contributed by atoms with Gasteiger partial charge < -0.3 is 9.72 Å². The maximum atomic E-state index is 13.2. The molecule has 0 saturated carbocycles. The molecule has 0 fully saturated rings.